The third kappa shape index (κ3) is 2.50. The van der Waals surface area contributed by atoms with Crippen LogP contribution in [0, 0.1) is 0 Å². The predicted octanol–water partition coefficient (Wildman–Crippen LogP) is 1.26. The molecule has 0 aliphatic rings. The van der Waals surface area contributed by atoms with E-state index in [1.165, 1.54) is 23.9 Å². The lowest BCUT2D eigenvalue weighted by Crippen LogP contribution is -2.38. The molecule has 0 radical (unpaired) electrons. The van der Waals surface area contributed by atoms with Crippen LogP contribution in [0.4, 0.5) is 0 Å². The number of rotatable bonds is 3. The molecule has 2 heterocycles. The van der Waals surface area contributed by atoms with Crippen LogP contribution in [0.15, 0.2) is 52.2 Å². The molecule has 3 rings (SSSR count). The van der Waals surface area contributed by atoms with E-state index < -0.39 is 17.2 Å². The highest BCUT2D eigenvalue weighted by atomic mass is 16.5. The molecular weight excluding hydrogens is 310 g/mol. The molecule has 24 heavy (non-hydrogen) atoms. The average Bonchev–Trinajstić information content (AvgIpc) is 2.61. The van der Waals surface area contributed by atoms with E-state index in [1.807, 2.05) is 6.07 Å². The zero-order valence-corrected chi connectivity index (χ0v) is 13.2. The van der Waals surface area contributed by atoms with E-state index in [4.69, 9.17) is 4.74 Å². The second kappa shape index (κ2) is 6.11. The van der Waals surface area contributed by atoms with Crippen molar-refractivity contribution in [1.29, 1.82) is 0 Å². The first-order valence-electron chi connectivity index (χ1n) is 7.39. The van der Waals surface area contributed by atoms with Gasteiger partial charge in [-0.2, -0.15) is 0 Å². The first-order chi connectivity index (χ1) is 11.5. The number of carbonyl (C=O) groups excluding carboxylic acids is 1. The maximum atomic E-state index is 12.5. The van der Waals surface area contributed by atoms with E-state index in [2.05, 4.69) is 4.98 Å². The summed E-state index contributed by atoms with van der Waals surface area (Å²) in [4.78, 5) is 41.0. The molecule has 0 aliphatic carbocycles. The average molecular weight is 325 g/mol. The molecule has 0 spiro atoms. The molecule has 0 saturated carbocycles. The number of pyridine rings is 1. The van der Waals surface area contributed by atoms with Crippen LogP contribution >= 0.6 is 0 Å². The van der Waals surface area contributed by atoms with Gasteiger partial charge in [-0.25, -0.2) is 19.1 Å². The van der Waals surface area contributed by atoms with E-state index in [0.717, 1.165) is 4.57 Å². The minimum atomic E-state index is -0.564. The molecule has 0 saturated heterocycles. The van der Waals surface area contributed by atoms with Gasteiger partial charge in [0, 0.05) is 13.2 Å². The quantitative estimate of drug-likeness (QED) is 0.677. The Balaban J connectivity index is 2.36. The lowest BCUT2D eigenvalue weighted by molar-refractivity contribution is 0.0526. The number of ether oxygens (including phenoxy) is 1. The smallest absolute Gasteiger partial charge is 0.339 e. The summed E-state index contributed by atoms with van der Waals surface area (Å²) in [5.74, 6) is -0.564. The van der Waals surface area contributed by atoms with Crippen LogP contribution in [-0.4, -0.2) is 26.7 Å². The topological polar surface area (TPSA) is 83.2 Å². The van der Waals surface area contributed by atoms with Gasteiger partial charge in [0.2, 0.25) is 0 Å². The maximum Gasteiger partial charge on any atom is 0.339 e. The fourth-order valence-corrected chi connectivity index (χ4v) is 2.44. The molecule has 3 aromatic rings. The molecule has 0 amide bonds. The Hall–Kier alpha value is -3.22. The van der Waals surface area contributed by atoms with Gasteiger partial charge in [0.15, 0.2) is 5.65 Å². The van der Waals surface area contributed by atoms with Crippen molar-refractivity contribution < 1.29 is 9.53 Å². The predicted molar refractivity (Wildman–Crippen MR) is 88.5 cm³/mol. The van der Waals surface area contributed by atoms with E-state index in [0.29, 0.717) is 5.69 Å². The fraction of sp³-hybridized carbons (Fsp3) is 0.176. The summed E-state index contributed by atoms with van der Waals surface area (Å²) in [5, 5.41) is 0.173. The van der Waals surface area contributed by atoms with Gasteiger partial charge in [-0.3, -0.25) is 9.36 Å². The molecule has 7 heteroatoms. The van der Waals surface area contributed by atoms with E-state index >= 15 is 0 Å². The highest BCUT2D eigenvalue weighted by Crippen LogP contribution is 2.13. The summed E-state index contributed by atoms with van der Waals surface area (Å²) in [6.45, 7) is 1.91. The number of hydrogen-bond acceptors (Lipinski definition) is 5. The fourth-order valence-electron chi connectivity index (χ4n) is 2.44. The number of esters is 1. The van der Waals surface area contributed by atoms with Crippen molar-refractivity contribution in [3.8, 4) is 5.69 Å². The second-order valence-electron chi connectivity index (χ2n) is 5.13. The van der Waals surface area contributed by atoms with Crippen molar-refractivity contribution in [2.75, 3.05) is 6.61 Å². The third-order valence-electron chi connectivity index (χ3n) is 3.62. The van der Waals surface area contributed by atoms with Gasteiger partial charge in [0.05, 0.1) is 23.2 Å². The third-order valence-corrected chi connectivity index (χ3v) is 3.62. The summed E-state index contributed by atoms with van der Waals surface area (Å²) in [5.41, 5.74) is -0.0718. The lowest BCUT2D eigenvalue weighted by Gasteiger charge is -2.11. The Morgan fingerprint density at radius 2 is 1.92 bits per heavy atom. The van der Waals surface area contributed by atoms with Gasteiger partial charge >= 0.3 is 11.7 Å². The number of hydrogen-bond donors (Lipinski definition) is 0. The van der Waals surface area contributed by atoms with Crippen molar-refractivity contribution in [3.05, 3.63) is 69.0 Å². The molecular formula is C17H15N3O4. The molecule has 0 aliphatic heterocycles. The summed E-state index contributed by atoms with van der Waals surface area (Å²) < 4.78 is 7.26. The second-order valence-corrected chi connectivity index (χ2v) is 5.13. The molecule has 0 N–H and O–H groups in total. The molecule has 0 unspecified atom stereocenters. The highest BCUT2D eigenvalue weighted by Gasteiger charge is 2.16. The normalized spacial score (nSPS) is 10.8. The van der Waals surface area contributed by atoms with Crippen LogP contribution in [0.1, 0.15) is 17.3 Å². The molecule has 0 bridgehead atoms. The highest BCUT2D eigenvalue weighted by molar-refractivity contribution is 5.93. The van der Waals surface area contributed by atoms with Crippen molar-refractivity contribution in [3.63, 3.8) is 0 Å². The van der Waals surface area contributed by atoms with Crippen molar-refractivity contribution in [2.24, 2.45) is 7.05 Å². The van der Waals surface area contributed by atoms with Crippen LogP contribution in [-0.2, 0) is 11.8 Å². The minimum absolute atomic E-state index is 0.166. The molecule has 7 nitrogen and oxygen atoms in total. The number of carbonyl (C=O) groups is 1. The number of aromatic nitrogens is 3. The van der Waals surface area contributed by atoms with Gasteiger partial charge in [0.25, 0.3) is 5.56 Å². The molecule has 1 aromatic carbocycles. The van der Waals surface area contributed by atoms with E-state index in [9.17, 15) is 14.4 Å². The Morgan fingerprint density at radius 3 is 2.58 bits per heavy atom. The first-order valence-corrected chi connectivity index (χ1v) is 7.39. The maximum absolute atomic E-state index is 12.5. The monoisotopic (exact) mass is 325 g/mol. The van der Waals surface area contributed by atoms with E-state index in [1.54, 1.807) is 31.2 Å². The van der Waals surface area contributed by atoms with Crippen molar-refractivity contribution in [2.45, 2.75) is 6.92 Å². The largest absolute Gasteiger partial charge is 0.462 e. The molecule has 0 atom stereocenters. The number of benzene rings is 1. The Bertz CT molecular complexity index is 1040. The van der Waals surface area contributed by atoms with Gasteiger partial charge in [0.1, 0.15) is 0 Å². The number of nitrogens with zero attached hydrogens (tertiary/aromatic N) is 3. The van der Waals surface area contributed by atoms with Crippen molar-refractivity contribution >= 4 is 17.0 Å². The van der Waals surface area contributed by atoms with E-state index in [-0.39, 0.29) is 23.2 Å². The zero-order valence-electron chi connectivity index (χ0n) is 13.2. The van der Waals surface area contributed by atoms with Gasteiger partial charge in [-0.15, -0.1) is 0 Å². The standard InChI is InChI=1S/C17H15N3O4/c1-3-24-16(22)11-9-13-14(18-10-11)20(12-7-5-4-6-8-12)17(23)19(2)15(13)21/h4-10H,3H2,1-2H3. The van der Waals surface area contributed by atoms with Gasteiger partial charge in [-0.05, 0) is 25.1 Å². The number of fused-ring (bicyclic) bond motifs is 1. The van der Waals surface area contributed by atoms with Crippen LogP contribution in [0.3, 0.4) is 0 Å². The Labute approximate surface area is 136 Å². The van der Waals surface area contributed by atoms with Crippen LogP contribution < -0.4 is 11.2 Å². The van der Waals surface area contributed by atoms with Crippen LogP contribution in [0.2, 0.25) is 0 Å². The Kier molecular flexibility index (Phi) is 3.99. The van der Waals surface area contributed by atoms with Gasteiger partial charge in [-0.1, -0.05) is 18.2 Å². The Morgan fingerprint density at radius 1 is 1.21 bits per heavy atom. The molecule has 2 aromatic heterocycles. The van der Waals surface area contributed by atoms with Crippen molar-refractivity contribution in [1.82, 2.24) is 14.1 Å². The minimum Gasteiger partial charge on any atom is -0.462 e. The summed E-state index contributed by atoms with van der Waals surface area (Å²) in [7, 11) is 1.39. The van der Waals surface area contributed by atoms with Crippen LogP contribution in [0.25, 0.3) is 16.7 Å². The number of para-hydroxylation sites is 1. The van der Waals surface area contributed by atoms with Crippen LogP contribution in [0.5, 0.6) is 0 Å². The molecule has 122 valence electrons. The molecule has 0 fully saturated rings. The SMILES string of the molecule is CCOC(=O)c1cnc2c(c1)c(=O)n(C)c(=O)n2-c1ccccc1. The summed E-state index contributed by atoms with van der Waals surface area (Å²) in [6.07, 6.45) is 1.30. The first kappa shape index (κ1) is 15.7. The van der Waals surface area contributed by atoms with Gasteiger partial charge < -0.3 is 4.74 Å². The summed E-state index contributed by atoms with van der Waals surface area (Å²) in [6, 6.07) is 10.3. The zero-order chi connectivity index (χ0) is 17.3. The summed E-state index contributed by atoms with van der Waals surface area (Å²) >= 11 is 0. The lowest BCUT2D eigenvalue weighted by atomic mass is 10.2.